The molecule has 20 aliphatic carbocycles. The predicted octanol–water partition coefficient (Wildman–Crippen LogP) is 18.2. The number of carbonyl (C=O) groups excluding carboxylic acids is 6. The number of ketones is 5. The Morgan fingerprint density at radius 3 is 0.615 bits per heavy atom. The van der Waals surface area contributed by atoms with Gasteiger partial charge in [0, 0.05) is 65.1 Å². The molecule has 0 aromatic carbocycles. The van der Waals surface area contributed by atoms with Gasteiger partial charge < -0.3 is 59.1 Å². The van der Waals surface area contributed by atoms with Crippen molar-refractivity contribution in [2.75, 3.05) is 79.2 Å². The molecular weight excluding hydrogens is 1860 g/mol. The second kappa shape index (κ2) is 43.9. The van der Waals surface area contributed by atoms with Crippen LogP contribution in [-0.4, -0.2) is 174 Å². The van der Waals surface area contributed by atoms with Crippen LogP contribution in [0.2, 0.25) is 0 Å². The number of ether oxygens (including phenoxy) is 5. The van der Waals surface area contributed by atoms with Crippen molar-refractivity contribution in [1.29, 1.82) is 0 Å². The molecule has 764 valence electrons. The number of alkyl halides is 5. The van der Waals surface area contributed by atoms with E-state index in [9.17, 15) is 62.7 Å². The molecule has 135 heavy (non-hydrogen) atoms. The van der Waals surface area contributed by atoms with E-state index in [0.29, 0.717) is 120 Å². The van der Waals surface area contributed by atoms with Crippen molar-refractivity contribution in [2.24, 2.45) is 205 Å². The smallest absolute Gasteiger partial charge is 0.542 e. The normalized spacial score (nSPS) is 49.1. The second-order valence-corrected chi connectivity index (χ2v) is 52.5. The molecule has 0 amide bonds. The first kappa shape index (κ1) is 110. The largest absolute Gasteiger partial charge is 1.00 e. The summed E-state index contributed by atoms with van der Waals surface area (Å²) in [7, 11) is 8.51. The van der Waals surface area contributed by atoms with Gasteiger partial charge in [-0.15, -0.1) is 0 Å². The number of rotatable bonds is 17. The van der Waals surface area contributed by atoms with Crippen LogP contribution in [0, 0.1) is 205 Å². The molecule has 0 bridgehead atoms. The first-order valence-electron chi connectivity index (χ1n) is 54.4. The fourth-order valence-electron chi connectivity index (χ4n) is 40.1. The average molecular weight is 2040 g/mol. The summed E-state index contributed by atoms with van der Waals surface area (Å²) in [6, 6.07) is 0. The first-order chi connectivity index (χ1) is 63.4. The van der Waals surface area contributed by atoms with Gasteiger partial charge in [-0.1, -0.05) is 66.5 Å². The molecular formula is C112H178Br2F3NaO17. The molecule has 20 saturated carbocycles. The van der Waals surface area contributed by atoms with Crippen molar-refractivity contribution in [3.8, 4) is 0 Å². The summed E-state index contributed by atoms with van der Waals surface area (Å²) in [5, 5.41) is 64.0. The topological polar surface area (TPSA) is 273 Å². The SMILES string of the molecule is COC[C@@]1(O)CC[C@H]2[C@H](CC[C@@H]3[C@@H]2CC[C@]2(C)[C@@H](C(=O)CBr)CC[C@@H]32)C1.COC[C@@]1(O)CC[C@H]2[C@H](CC[C@@H]3[C@@H]2CC[C@]2(C)[C@@H](C(C)=O)CC[C@@H]32)C1.COC[C@]1(O)CC[C@H]2[C@H](CC[C@@H]3[C@@H]2CC[C@]2(C)[C@@H](C(=O)CBr)CC[C@@H]32)C1.COC[C@]1(O)CC[C@H]2[C@H](CC[C@@H]3[C@@H]2CC[C@]2(C)[C@@H](C(C)=O)CC[C@@H]32)C1.COC[C@]1(O)CC[C@H]2[C@H](CC[C@@H]3[C@@H]2CC[C@]2(C)[C@H](C(C)=O)CC[C@@H]32)C1.O=C([O-])C(F)(F)F.[Na+]. The van der Waals surface area contributed by atoms with Crippen molar-refractivity contribution in [2.45, 2.75) is 379 Å². The van der Waals surface area contributed by atoms with Crippen molar-refractivity contribution in [3.05, 3.63) is 0 Å². The maximum Gasteiger partial charge on any atom is 1.00 e. The number of hydrogen-bond acceptors (Lipinski definition) is 17. The summed E-state index contributed by atoms with van der Waals surface area (Å²) < 4.78 is 58.0. The number of halogens is 5. The number of methoxy groups -OCH3 is 5. The van der Waals surface area contributed by atoms with Gasteiger partial charge in [0.05, 0.1) is 71.7 Å². The van der Waals surface area contributed by atoms with E-state index < -0.39 is 40.2 Å². The van der Waals surface area contributed by atoms with E-state index in [4.69, 9.17) is 33.6 Å². The van der Waals surface area contributed by atoms with Crippen LogP contribution in [0.3, 0.4) is 0 Å². The van der Waals surface area contributed by atoms with E-state index in [0.717, 1.165) is 215 Å². The van der Waals surface area contributed by atoms with Crippen LogP contribution in [0.5, 0.6) is 0 Å². The average Bonchev–Trinajstić information content (AvgIpc) is 1.64. The number of carboxylic acid groups (broad SMARTS) is 1. The number of Topliss-reactive ketones (excluding diaryl/α,β-unsaturated/α-hetero) is 5. The number of carboxylic acids is 1. The van der Waals surface area contributed by atoms with E-state index in [1.165, 1.54) is 193 Å². The van der Waals surface area contributed by atoms with Crippen LogP contribution >= 0.6 is 31.9 Å². The van der Waals surface area contributed by atoms with Gasteiger partial charge in [0.1, 0.15) is 34.9 Å². The fraction of sp³-hybridized carbons (Fsp3) is 0.946. The predicted molar refractivity (Wildman–Crippen MR) is 518 cm³/mol. The maximum absolute atomic E-state index is 12.5. The van der Waals surface area contributed by atoms with Gasteiger partial charge in [0.2, 0.25) is 0 Å². The summed E-state index contributed by atoms with van der Waals surface area (Å²) in [5.74, 6) is 20.2. The van der Waals surface area contributed by atoms with Crippen molar-refractivity contribution in [1.82, 2.24) is 0 Å². The minimum absolute atomic E-state index is 0. The Morgan fingerprint density at radius 1 is 0.281 bits per heavy atom. The molecule has 23 heteroatoms. The van der Waals surface area contributed by atoms with Gasteiger partial charge in [0.25, 0.3) is 0 Å². The number of aliphatic hydroxyl groups is 5. The zero-order chi connectivity index (χ0) is 96.6. The quantitative estimate of drug-likeness (QED) is 0.0669. The number of aliphatic carboxylic acids is 1. The molecule has 40 atom stereocenters. The Labute approximate surface area is 848 Å². The van der Waals surface area contributed by atoms with E-state index >= 15 is 0 Å². The minimum atomic E-state index is -5.19. The van der Waals surface area contributed by atoms with Crippen LogP contribution in [0.4, 0.5) is 13.2 Å². The van der Waals surface area contributed by atoms with Gasteiger partial charge in [-0.05, 0) is 485 Å². The van der Waals surface area contributed by atoms with E-state index in [-0.39, 0.29) is 68.5 Å². The Morgan fingerprint density at radius 2 is 0.452 bits per heavy atom. The van der Waals surface area contributed by atoms with Crippen LogP contribution in [-0.2, 0) is 52.5 Å². The van der Waals surface area contributed by atoms with Gasteiger partial charge in [0.15, 0.2) is 0 Å². The van der Waals surface area contributed by atoms with Crippen LogP contribution in [0.15, 0.2) is 0 Å². The van der Waals surface area contributed by atoms with Gasteiger partial charge in [-0.3, -0.25) is 24.0 Å². The van der Waals surface area contributed by atoms with Crippen LogP contribution in [0.1, 0.15) is 344 Å². The fourth-order valence-corrected chi connectivity index (χ4v) is 40.8. The summed E-state index contributed by atoms with van der Waals surface area (Å²) in [6.45, 7) is 20.0. The van der Waals surface area contributed by atoms with Gasteiger partial charge in [-0.25, -0.2) is 0 Å². The molecule has 20 rings (SSSR count). The molecule has 0 aromatic heterocycles. The van der Waals surface area contributed by atoms with Gasteiger partial charge >= 0.3 is 35.7 Å². The monoisotopic (exact) mass is 2030 g/mol. The third-order valence-electron chi connectivity index (χ3n) is 45.3. The van der Waals surface area contributed by atoms with E-state index in [1.807, 2.05) is 20.8 Å². The standard InChI is InChI=1S/2C22H35BrO3.3C22H36O3.C2HF3O2.Na/c2*1-21-9-7-16-15-8-10-22(25,13-26-2)11-14(15)3-4-17(16)18(21)5-6-19(21)20(24)12-23;3*1-14(23)19-6-7-20-18-5-4-15-12-22(24,13-25-3)11-9-16(15)17(18)8-10-21(19,20)2;3-2(4,5)1(6)7;/h2*14-19,25H,3-13H2,1-2H3;3*15-20,24H,4-13H2,1-3H3;(H,6,7);/q;;;;;;+1/p-1/t14-,15+,16-,17-,18+,19-,21+,22+;14-,15+,16-,17-,18+,19-,21+,22-;15-,16+,17-,18-,19+,20+,21-,22+;15-,16+,17-,18-,19-,20+,21-,22+;15-,16+,17-,18-,19-,20+,21-,22-;;/m11111../s1. The number of carbonyl (C=O) groups is 6. The van der Waals surface area contributed by atoms with E-state index in [1.54, 1.807) is 35.5 Å². The second-order valence-electron chi connectivity index (χ2n) is 51.4. The molecule has 0 unspecified atom stereocenters. The first-order valence-corrected chi connectivity index (χ1v) is 56.7. The Hall–Kier alpha value is -0.830. The van der Waals surface area contributed by atoms with Crippen LogP contribution < -0.4 is 34.7 Å². The van der Waals surface area contributed by atoms with Crippen molar-refractivity contribution >= 4 is 66.7 Å². The molecule has 0 aromatic rings. The molecule has 0 spiro atoms. The van der Waals surface area contributed by atoms with Gasteiger partial charge in [-0.2, -0.15) is 13.2 Å². The zero-order valence-corrected chi connectivity index (χ0v) is 90.8. The summed E-state index contributed by atoms with van der Waals surface area (Å²) >= 11 is 6.84. The van der Waals surface area contributed by atoms with E-state index in [2.05, 4.69) is 66.5 Å². The zero-order valence-electron chi connectivity index (χ0n) is 85.6. The number of fused-ring (bicyclic) bond motifs is 25. The molecule has 20 fully saturated rings. The van der Waals surface area contributed by atoms with Crippen molar-refractivity contribution < 1.29 is 126 Å². The molecule has 5 N–H and O–H groups in total. The summed E-state index contributed by atoms with van der Waals surface area (Å²) in [4.78, 5) is 70.4. The molecule has 17 nitrogen and oxygen atoms in total. The van der Waals surface area contributed by atoms with Crippen molar-refractivity contribution in [3.63, 3.8) is 0 Å². The molecule has 0 saturated heterocycles. The summed E-state index contributed by atoms with van der Waals surface area (Å²) in [6.07, 6.45) is 47.4. The number of hydrogen-bond donors (Lipinski definition) is 5. The third kappa shape index (κ3) is 21.8. The Balaban J connectivity index is 0.000000132. The van der Waals surface area contributed by atoms with Crippen LogP contribution in [0.25, 0.3) is 0 Å². The molecule has 0 heterocycles. The summed E-state index contributed by atoms with van der Waals surface area (Å²) in [5.41, 5.74) is -1.65. The Kier molecular flexibility index (Phi) is 35.7. The molecule has 20 aliphatic rings. The molecule has 0 aliphatic heterocycles. The Bertz CT molecular complexity index is 3730. The minimum Gasteiger partial charge on any atom is -0.542 e. The maximum atomic E-state index is 12.5. The third-order valence-corrected chi connectivity index (χ3v) is 46.4. The molecule has 0 radical (unpaired) electrons.